The van der Waals surface area contributed by atoms with Crippen molar-refractivity contribution in [1.29, 1.82) is 0 Å². The Hall–Kier alpha value is -4.09. The molecule has 0 saturated carbocycles. The van der Waals surface area contributed by atoms with Gasteiger partial charge in [-0.3, -0.25) is 14.5 Å². The lowest BCUT2D eigenvalue weighted by molar-refractivity contribution is -0.132. The highest BCUT2D eigenvalue weighted by Gasteiger charge is 2.47. The first kappa shape index (κ1) is 20.8. The summed E-state index contributed by atoms with van der Waals surface area (Å²) in [6.45, 7) is 0. The van der Waals surface area contributed by atoms with E-state index in [0.717, 1.165) is 10.8 Å². The topological polar surface area (TPSA) is 77.8 Å². The number of carbonyl (C=O) groups is 2. The number of amides is 1. The van der Waals surface area contributed by atoms with Crippen LogP contribution in [-0.4, -0.2) is 21.9 Å². The molecule has 1 unspecified atom stereocenters. The highest BCUT2D eigenvalue weighted by molar-refractivity contribution is 6.52. The van der Waals surface area contributed by atoms with E-state index in [0.29, 0.717) is 21.8 Å². The number of hydrogen-bond acceptors (Lipinski definition) is 4. The third-order valence-corrected chi connectivity index (χ3v) is 6.03. The molecule has 0 spiro atoms. The molecule has 1 saturated heterocycles. The van der Waals surface area contributed by atoms with Crippen molar-refractivity contribution in [2.75, 3.05) is 4.90 Å². The van der Waals surface area contributed by atoms with E-state index in [1.807, 2.05) is 30.3 Å². The van der Waals surface area contributed by atoms with Gasteiger partial charge in [-0.15, -0.1) is 0 Å². The quantitative estimate of drug-likeness (QED) is 0.231. The normalized spacial score (nSPS) is 17.6. The molecule has 4 aromatic rings. The van der Waals surface area contributed by atoms with E-state index in [4.69, 9.17) is 11.6 Å². The molecule has 0 bridgehead atoms. The van der Waals surface area contributed by atoms with Gasteiger partial charge in [-0.1, -0.05) is 66.2 Å². The first-order chi connectivity index (χ1) is 16.0. The lowest BCUT2D eigenvalue weighted by Gasteiger charge is -2.25. The number of Topliss-reactive ketones (excluding diaryl/α,β-unsaturated/α-hetero) is 1. The number of phenolic OH excluding ortho intramolecular Hbond substituents is 1. The molecule has 162 valence electrons. The third kappa shape index (κ3) is 3.52. The van der Waals surface area contributed by atoms with Gasteiger partial charge in [-0.25, -0.2) is 0 Å². The van der Waals surface area contributed by atoms with Crippen molar-refractivity contribution in [3.05, 3.63) is 113 Å². The summed E-state index contributed by atoms with van der Waals surface area (Å²) in [7, 11) is 0. The fourth-order valence-corrected chi connectivity index (χ4v) is 4.41. The largest absolute Gasteiger partial charge is 0.508 e. The maximum Gasteiger partial charge on any atom is 0.300 e. The molecule has 1 fully saturated rings. The highest BCUT2D eigenvalue weighted by Crippen LogP contribution is 2.43. The van der Waals surface area contributed by atoms with Gasteiger partial charge in [0.05, 0.1) is 11.6 Å². The third-order valence-electron chi connectivity index (χ3n) is 5.78. The number of nitrogens with zero attached hydrogens (tertiary/aromatic N) is 1. The lowest BCUT2D eigenvalue weighted by Crippen LogP contribution is -2.29. The second-order valence-electron chi connectivity index (χ2n) is 7.77. The van der Waals surface area contributed by atoms with Crippen LogP contribution in [0.3, 0.4) is 0 Å². The van der Waals surface area contributed by atoms with Gasteiger partial charge in [0, 0.05) is 16.3 Å². The molecule has 1 aliphatic heterocycles. The zero-order valence-electron chi connectivity index (χ0n) is 17.3. The summed E-state index contributed by atoms with van der Waals surface area (Å²) in [6.07, 6.45) is 0. The summed E-state index contributed by atoms with van der Waals surface area (Å²) in [5.74, 6) is -1.86. The van der Waals surface area contributed by atoms with Crippen LogP contribution in [0.25, 0.3) is 16.5 Å². The molecular formula is C27H18ClNO4. The van der Waals surface area contributed by atoms with Crippen LogP contribution in [0, 0.1) is 0 Å². The molecular weight excluding hydrogens is 438 g/mol. The number of carbonyl (C=O) groups excluding carboxylic acids is 2. The summed E-state index contributed by atoms with van der Waals surface area (Å²) >= 11 is 6.02. The Morgan fingerprint density at radius 3 is 2.30 bits per heavy atom. The molecule has 6 heteroatoms. The number of rotatable bonds is 3. The smallest absolute Gasteiger partial charge is 0.300 e. The second kappa shape index (κ2) is 8.11. The molecule has 5 nitrogen and oxygen atoms in total. The van der Waals surface area contributed by atoms with E-state index < -0.39 is 17.7 Å². The molecule has 4 aromatic carbocycles. The predicted molar refractivity (Wildman–Crippen MR) is 128 cm³/mol. The van der Waals surface area contributed by atoms with E-state index in [9.17, 15) is 19.8 Å². The highest BCUT2D eigenvalue weighted by atomic mass is 35.5. The SMILES string of the molecule is O=C1C(=O)N(c2ccc(Cl)cc2)C(c2cccc(O)c2)/C1=C(/O)c1cccc2ccccc12. The van der Waals surface area contributed by atoms with Gasteiger partial charge in [-0.05, 0) is 52.7 Å². The fourth-order valence-electron chi connectivity index (χ4n) is 4.29. The summed E-state index contributed by atoms with van der Waals surface area (Å²) < 4.78 is 0. The molecule has 1 heterocycles. The number of aliphatic hydroxyl groups is 1. The first-order valence-corrected chi connectivity index (χ1v) is 10.7. The van der Waals surface area contributed by atoms with E-state index in [2.05, 4.69) is 0 Å². The number of aliphatic hydroxyl groups excluding tert-OH is 1. The van der Waals surface area contributed by atoms with Crippen molar-refractivity contribution in [2.24, 2.45) is 0 Å². The minimum Gasteiger partial charge on any atom is -0.508 e. The van der Waals surface area contributed by atoms with Gasteiger partial charge in [0.1, 0.15) is 11.5 Å². The molecule has 5 rings (SSSR count). The molecule has 1 atom stereocenters. The number of hydrogen-bond donors (Lipinski definition) is 2. The molecule has 0 aromatic heterocycles. The van der Waals surface area contributed by atoms with Crippen molar-refractivity contribution in [1.82, 2.24) is 0 Å². The van der Waals surface area contributed by atoms with Crippen molar-refractivity contribution >= 4 is 45.5 Å². The van der Waals surface area contributed by atoms with Crippen LogP contribution in [0.1, 0.15) is 17.2 Å². The Kier molecular flexibility index (Phi) is 5.11. The minimum absolute atomic E-state index is 0.0145. The number of anilines is 1. The molecule has 2 N–H and O–H groups in total. The Labute approximate surface area is 194 Å². The first-order valence-electron chi connectivity index (χ1n) is 10.3. The zero-order valence-corrected chi connectivity index (χ0v) is 18.0. The number of ketones is 1. The molecule has 1 aliphatic rings. The van der Waals surface area contributed by atoms with Crippen LogP contribution in [-0.2, 0) is 9.59 Å². The van der Waals surface area contributed by atoms with Gasteiger partial charge < -0.3 is 10.2 Å². The molecule has 0 aliphatic carbocycles. The standard InChI is InChI=1S/C27H18ClNO4/c28-18-11-13-19(14-12-18)29-24(17-7-3-8-20(30)15-17)23(26(32)27(29)33)25(31)22-10-4-6-16-5-1-2-9-21(16)22/h1-15,24,30-31H/b25-23-. The van der Waals surface area contributed by atoms with Gasteiger partial charge in [-0.2, -0.15) is 0 Å². The second-order valence-corrected chi connectivity index (χ2v) is 8.20. The predicted octanol–water partition coefficient (Wildman–Crippen LogP) is 5.83. The number of phenols is 1. The number of benzene rings is 4. The monoisotopic (exact) mass is 455 g/mol. The summed E-state index contributed by atoms with van der Waals surface area (Å²) in [4.78, 5) is 27.8. The van der Waals surface area contributed by atoms with Crippen LogP contribution in [0.15, 0.2) is 96.6 Å². The van der Waals surface area contributed by atoms with Crippen molar-refractivity contribution in [3.8, 4) is 5.75 Å². The molecule has 0 radical (unpaired) electrons. The van der Waals surface area contributed by atoms with E-state index in [-0.39, 0.29) is 17.1 Å². The molecule has 33 heavy (non-hydrogen) atoms. The zero-order chi connectivity index (χ0) is 23.1. The Balaban J connectivity index is 1.78. The maximum atomic E-state index is 13.3. The van der Waals surface area contributed by atoms with Crippen LogP contribution >= 0.6 is 11.6 Å². The number of fused-ring (bicyclic) bond motifs is 1. The fraction of sp³-hybridized carbons (Fsp3) is 0.0370. The Morgan fingerprint density at radius 2 is 1.55 bits per heavy atom. The van der Waals surface area contributed by atoms with Crippen LogP contribution in [0.2, 0.25) is 5.02 Å². The van der Waals surface area contributed by atoms with Crippen molar-refractivity contribution < 1.29 is 19.8 Å². The van der Waals surface area contributed by atoms with Crippen LogP contribution < -0.4 is 4.90 Å². The summed E-state index contributed by atoms with van der Waals surface area (Å²) in [6, 6.07) is 24.8. The number of aromatic hydroxyl groups is 1. The van der Waals surface area contributed by atoms with Crippen molar-refractivity contribution in [2.45, 2.75) is 6.04 Å². The average Bonchev–Trinajstić information content (AvgIpc) is 3.09. The lowest BCUT2D eigenvalue weighted by atomic mass is 9.93. The van der Waals surface area contributed by atoms with Crippen LogP contribution in [0.4, 0.5) is 5.69 Å². The maximum absolute atomic E-state index is 13.3. The average molecular weight is 456 g/mol. The Morgan fingerprint density at radius 1 is 0.848 bits per heavy atom. The minimum atomic E-state index is -0.933. The van der Waals surface area contributed by atoms with Gasteiger partial charge in [0.2, 0.25) is 0 Å². The van der Waals surface area contributed by atoms with E-state index in [1.165, 1.54) is 17.0 Å². The van der Waals surface area contributed by atoms with E-state index >= 15 is 0 Å². The van der Waals surface area contributed by atoms with Crippen LogP contribution in [0.5, 0.6) is 5.75 Å². The van der Waals surface area contributed by atoms with Gasteiger partial charge in [0.25, 0.3) is 11.7 Å². The van der Waals surface area contributed by atoms with E-state index in [1.54, 1.807) is 48.5 Å². The summed E-state index contributed by atoms with van der Waals surface area (Å²) in [5, 5.41) is 23.6. The van der Waals surface area contributed by atoms with Gasteiger partial charge >= 0.3 is 0 Å². The summed E-state index contributed by atoms with van der Waals surface area (Å²) in [5.41, 5.74) is 1.35. The molecule has 1 amide bonds. The Bertz CT molecular complexity index is 1440. The van der Waals surface area contributed by atoms with Gasteiger partial charge in [0.15, 0.2) is 0 Å². The van der Waals surface area contributed by atoms with Crippen molar-refractivity contribution in [3.63, 3.8) is 0 Å². The number of halogens is 1.